The molecular formula is C31H41N7. The second-order valence-corrected chi connectivity index (χ2v) is 12.6. The summed E-state index contributed by atoms with van der Waals surface area (Å²) in [5.41, 5.74) is 17.6. The lowest BCUT2D eigenvalue weighted by atomic mass is 9.49. The fourth-order valence-corrected chi connectivity index (χ4v) is 8.37. The molecule has 38 heavy (non-hydrogen) atoms. The quantitative estimate of drug-likeness (QED) is 0.316. The third-order valence-corrected chi connectivity index (χ3v) is 9.61. The van der Waals surface area contributed by atoms with E-state index < -0.39 is 0 Å². The SMILES string of the molecule is CCCCc1nc(CC23CC4CC(CC(C4)C2)C3)nn1Cc1ccc(-c2ccccc2C2NNNN2)cc1. The highest BCUT2D eigenvalue weighted by Crippen LogP contribution is 2.60. The molecule has 1 aromatic heterocycles. The van der Waals surface area contributed by atoms with Crippen molar-refractivity contribution in [3.63, 3.8) is 0 Å². The molecule has 8 rings (SSSR count). The summed E-state index contributed by atoms with van der Waals surface area (Å²) in [4.78, 5) is 5.17. The predicted octanol–water partition coefficient (Wildman–Crippen LogP) is 5.21. The van der Waals surface area contributed by atoms with Gasteiger partial charge in [0.05, 0.1) is 6.54 Å². The van der Waals surface area contributed by atoms with Crippen LogP contribution in [-0.4, -0.2) is 14.8 Å². The van der Waals surface area contributed by atoms with Gasteiger partial charge in [-0.05, 0) is 90.4 Å². The monoisotopic (exact) mass is 511 g/mol. The van der Waals surface area contributed by atoms with Crippen LogP contribution in [0.25, 0.3) is 11.1 Å². The first kappa shape index (κ1) is 24.5. The summed E-state index contributed by atoms with van der Waals surface area (Å²) < 4.78 is 2.21. The minimum atomic E-state index is 0.00884. The minimum absolute atomic E-state index is 0.00884. The molecule has 4 N–H and O–H groups in total. The van der Waals surface area contributed by atoms with E-state index in [4.69, 9.17) is 10.1 Å². The van der Waals surface area contributed by atoms with Crippen molar-refractivity contribution in [3.8, 4) is 11.1 Å². The van der Waals surface area contributed by atoms with Gasteiger partial charge in [0, 0.05) is 12.8 Å². The summed E-state index contributed by atoms with van der Waals surface area (Å²) in [6.07, 6.45) is 13.2. The number of hydrogen-bond donors (Lipinski definition) is 4. The van der Waals surface area contributed by atoms with E-state index in [9.17, 15) is 0 Å². The Bertz CT molecular complexity index is 1220. The third-order valence-electron chi connectivity index (χ3n) is 9.61. The first-order valence-electron chi connectivity index (χ1n) is 14.8. The molecular weight excluding hydrogens is 470 g/mol. The van der Waals surface area contributed by atoms with Crippen LogP contribution in [-0.2, 0) is 19.4 Å². The average Bonchev–Trinajstić information content (AvgIpc) is 3.57. The first-order chi connectivity index (χ1) is 18.7. The smallest absolute Gasteiger partial charge is 0.151 e. The van der Waals surface area contributed by atoms with E-state index in [1.54, 1.807) is 0 Å². The number of hydrazine groups is 3. The van der Waals surface area contributed by atoms with Gasteiger partial charge in [-0.15, -0.1) is 0 Å². The van der Waals surface area contributed by atoms with E-state index in [1.807, 2.05) is 0 Å². The molecule has 0 unspecified atom stereocenters. The molecule has 4 bridgehead atoms. The molecule has 0 amide bonds. The van der Waals surface area contributed by atoms with Gasteiger partial charge >= 0.3 is 0 Å². The molecule has 1 saturated heterocycles. The molecule has 0 radical (unpaired) electrons. The van der Waals surface area contributed by atoms with Gasteiger partial charge in [-0.3, -0.25) is 0 Å². The van der Waals surface area contributed by atoms with E-state index in [0.29, 0.717) is 5.41 Å². The van der Waals surface area contributed by atoms with E-state index in [0.717, 1.165) is 49.4 Å². The van der Waals surface area contributed by atoms with Crippen LogP contribution in [0.4, 0.5) is 0 Å². The molecule has 5 aliphatic rings. The van der Waals surface area contributed by atoms with Crippen LogP contribution < -0.4 is 21.9 Å². The largest absolute Gasteiger partial charge is 0.245 e. The van der Waals surface area contributed by atoms with E-state index in [-0.39, 0.29) is 6.17 Å². The Hall–Kier alpha value is -2.58. The van der Waals surface area contributed by atoms with Crippen LogP contribution in [0.3, 0.4) is 0 Å². The van der Waals surface area contributed by atoms with Gasteiger partial charge in [0.15, 0.2) is 5.82 Å². The Morgan fingerprint density at radius 1 is 0.895 bits per heavy atom. The number of hydrogen-bond acceptors (Lipinski definition) is 6. The Morgan fingerprint density at radius 2 is 1.58 bits per heavy atom. The topological polar surface area (TPSA) is 78.8 Å². The molecule has 3 aromatic rings. The van der Waals surface area contributed by atoms with Crippen molar-refractivity contribution in [2.75, 3.05) is 0 Å². The molecule has 7 nitrogen and oxygen atoms in total. The maximum atomic E-state index is 5.17. The van der Waals surface area contributed by atoms with Crippen molar-refractivity contribution in [1.82, 2.24) is 36.7 Å². The Kier molecular flexibility index (Phi) is 6.56. The molecule has 5 fully saturated rings. The normalized spacial score (nSPS) is 28.4. The Morgan fingerprint density at radius 3 is 2.26 bits per heavy atom. The molecule has 200 valence electrons. The highest BCUT2D eigenvalue weighted by molar-refractivity contribution is 5.68. The van der Waals surface area contributed by atoms with Crippen LogP contribution in [0, 0.1) is 23.2 Å². The third kappa shape index (κ3) is 4.81. The predicted molar refractivity (Wildman–Crippen MR) is 149 cm³/mol. The van der Waals surface area contributed by atoms with Crippen molar-refractivity contribution in [2.45, 2.75) is 83.8 Å². The summed E-state index contributed by atoms with van der Waals surface area (Å²) in [6.45, 7) is 3.05. The van der Waals surface area contributed by atoms with E-state index in [1.165, 1.54) is 73.0 Å². The summed E-state index contributed by atoms with van der Waals surface area (Å²) >= 11 is 0. The number of nitrogens with zero attached hydrogens (tertiary/aromatic N) is 3. The molecule has 7 heteroatoms. The first-order valence-corrected chi connectivity index (χ1v) is 14.8. The second kappa shape index (κ2) is 10.2. The summed E-state index contributed by atoms with van der Waals surface area (Å²) in [6, 6.07) is 17.5. The van der Waals surface area contributed by atoms with E-state index >= 15 is 0 Å². The molecule has 0 atom stereocenters. The average molecular weight is 512 g/mol. The summed E-state index contributed by atoms with van der Waals surface area (Å²) in [5.74, 6) is 5.18. The zero-order chi connectivity index (χ0) is 25.5. The maximum Gasteiger partial charge on any atom is 0.151 e. The Labute approximate surface area is 226 Å². The number of aromatic nitrogens is 3. The van der Waals surface area contributed by atoms with Gasteiger partial charge in [-0.1, -0.05) is 61.9 Å². The van der Waals surface area contributed by atoms with Gasteiger partial charge in [0.2, 0.25) is 0 Å². The minimum Gasteiger partial charge on any atom is -0.245 e. The van der Waals surface area contributed by atoms with Crippen molar-refractivity contribution in [3.05, 3.63) is 71.3 Å². The van der Waals surface area contributed by atoms with Crippen LogP contribution >= 0.6 is 0 Å². The van der Waals surface area contributed by atoms with Crippen LogP contribution in [0.5, 0.6) is 0 Å². The number of rotatable bonds is 9. The van der Waals surface area contributed by atoms with Crippen molar-refractivity contribution < 1.29 is 0 Å². The van der Waals surface area contributed by atoms with Crippen LogP contribution in [0.2, 0.25) is 0 Å². The van der Waals surface area contributed by atoms with Crippen molar-refractivity contribution >= 4 is 0 Å². The molecule has 0 spiro atoms. The zero-order valence-electron chi connectivity index (χ0n) is 22.5. The lowest BCUT2D eigenvalue weighted by molar-refractivity contribution is -0.0531. The van der Waals surface area contributed by atoms with Crippen molar-refractivity contribution in [2.24, 2.45) is 23.2 Å². The standard InChI is InChI=1S/C31H41N7/c1-2-3-8-29-32-28(19-31-16-22-13-23(17-31)15-24(14-22)18-31)35-38(29)20-21-9-11-25(12-10-21)26-6-4-5-7-27(26)30-33-36-37-34-30/h4-7,9-12,22-24,30,33-34,36-37H,2-3,8,13-20H2,1H3. The van der Waals surface area contributed by atoms with Gasteiger partial charge in [0.25, 0.3) is 0 Å². The highest BCUT2D eigenvalue weighted by Gasteiger charge is 2.51. The zero-order valence-corrected chi connectivity index (χ0v) is 22.5. The molecule has 4 saturated carbocycles. The highest BCUT2D eigenvalue weighted by atomic mass is 15.8. The van der Waals surface area contributed by atoms with Gasteiger partial charge in [0.1, 0.15) is 12.0 Å². The van der Waals surface area contributed by atoms with Crippen LogP contribution in [0.1, 0.15) is 87.2 Å². The van der Waals surface area contributed by atoms with Crippen LogP contribution in [0.15, 0.2) is 48.5 Å². The number of aryl methyl sites for hydroxylation is 1. The molecule has 2 aromatic carbocycles. The summed E-state index contributed by atoms with van der Waals surface area (Å²) in [7, 11) is 0. The van der Waals surface area contributed by atoms with Gasteiger partial charge < -0.3 is 0 Å². The molecule has 4 aliphatic carbocycles. The van der Waals surface area contributed by atoms with Gasteiger partial charge in [-0.25, -0.2) is 20.5 Å². The Balaban J connectivity index is 1.10. The number of benzene rings is 2. The summed E-state index contributed by atoms with van der Waals surface area (Å²) in [5, 5.41) is 5.16. The lowest BCUT2D eigenvalue weighted by Gasteiger charge is -2.56. The second-order valence-electron chi connectivity index (χ2n) is 12.6. The number of unbranched alkanes of at least 4 members (excludes halogenated alkanes) is 1. The van der Waals surface area contributed by atoms with E-state index in [2.05, 4.69) is 82.1 Å². The number of nitrogens with one attached hydrogen (secondary N) is 4. The van der Waals surface area contributed by atoms with Crippen molar-refractivity contribution in [1.29, 1.82) is 0 Å². The maximum absolute atomic E-state index is 5.17. The molecule has 1 aliphatic heterocycles. The fourth-order valence-electron chi connectivity index (χ4n) is 8.37. The molecule has 2 heterocycles. The van der Waals surface area contributed by atoms with Gasteiger partial charge in [-0.2, -0.15) is 16.2 Å². The fraction of sp³-hybridized carbons (Fsp3) is 0.548. The lowest BCUT2D eigenvalue weighted by Crippen LogP contribution is -2.47.